The van der Waals surface area contributed by atoms with Crippen molar-refractivity contribution in [3.63, 3.8) is 0 Å². The Bertz CT molecular complexity index is 813. The summed E-state index contributed by atoms with van der Waals surface area (Å²) in [5, 5.41) is 8.56. The summed E-state index contributed by atoms with van der Waals surface area (Å²) in [6.45, 7) is 8.18. The lowest BCUT2D eigenvalue weighted by molar-refractivity contribution is -0.124. The van der Waals surface area contributed by atoms with Crippen molar-refractivity contribution in [2.45, 2.75) is 33.2 Å². The van der Waals surface area contributed by atoms with Crippen molar-refractivity contribution in [2.24, 2.45) is 0 Å². The first-order chi connectivity index (χ1) is 12.6. The molecule has 0 aliphatic heterocycles. The van der Waals surface area contributed by atoms with Crippen LogP contribution in [0.15, 0.2) is 24.3 Å². The predicted molar refractivity (Wildman–Crippen MR) is 104 cm³/mol. The summed E-state index contributed by atoms with van der Waals surface area (Å²) in [6, 6.07) is 5.88. The summed E-state index contributed by atoms with van der Waals surface area (Å²) in [5.41, 5.74) is 4.36. The smallest absolute Gasteiger partial charge is 0.267 e. The number of hydrogen-bond donors (Lipinski definition) is 2. The molecule has 1 heterocycles. The number of aromatic nitrogens is 2. The highest BCUT2D eigenvalue weighted by atomic mass is 16.5. The van der Waals surface area contributed by atoms with Gasteiger partial charge in [0.1, 0.15) is 5.82 Å². The lowest BCUT2D eigenvalue weighted by Gasteiger charge is -2.19. The third-order valence-electron chi connectivity index (χ3n) is 4.42. The maximum atomic E-state index is 11.1. The van der Waals surface area contributed by atoms with Crippen LogP contribution in [0.4, 0.5) is 0 Å². The van der Waals surface area contributed by atoms with Gasteiger partial charge in [-0.15, -0.1) is 12.3 Å². The normalized spacial score (nSPS) is 11.3. The molecule has 0 aliphatic rings. The molecular formula is C20H26N4O2. The SMILES string of the molecule is C#CCCc1nc2cc(C=CC(=O)NO)ccc2n1CCN(CC)CC. The first-order valence-electron chi connectivity index (χ1n) is 8.90. The molecule has 1 aromatic heterocycles. The molecule has 6 heteroatoms. The number of rotatable bonds is 9. The van der Waals surface area contributed by atoms with Crippen molar-refractivity contribution in [1.29, 1.82) is 0 Å². The number of likely N-dealkylation sites (N-methyl/N-ethyl adjacent to an activating group) is 1. The van der Waals surface area contributed by atoms with E-state index in [9.17, 15) is 4.79 Å². The maximum absolute atomic E-state index is 11.1. The summed E-state index contributed by atoms with van der Waals surface area (Å²) in [6.07, 6.45) is 9.73. The molecule has 0 atom stereocenters. The average molecular weight is 354 g/mol. The van der Waals surface area contributed by atoms with Crippen LogP contribution >= 0.6 is 0 Å². The summed E-state index contributed by atoms with van der Waals surface area (Å²) in [5.74, 6) is 3.10. The van der Waals surface area contributed by atoms with E-state index in [1.54, 1.807) is 11.6 Å². The summed E-state index contributed by atoms with van der Waals surface area (Å²) in [4.78, 5) is 18.3. The molecule has 0 radical (unpaired) electrons. The lowest BCUT2D eigenvalue weighted by Crippen LogP contribution is -2.27. The molecule has 138 valence electrons. The fourth-order valence-electron chi connectivity index (χ4n) is 2.92. The van der Waals surface area contributed by atoms with Crippen LogP contribution in [0.1, 0.15) is 31.7 Å². The zero-order valence-electron chi connectivity index (χ0n) is 15.4. The monoisotopic (exact) mass is 354 g/mol. The Morgan fingerprint density at radius 3 is 2.85 bits per heavy atom. The van der Waals surface area contributed by atoms with Gasteiger partial charge in [-0.2, -0.15) is 0 Å². The summed E-state index contributed by atoms with van der Waals surface area (Å²) < 4.78 is 2.24. The fourth-order valence-corrected chi connectivity index (χ4v) is 2.92. The van der Waals surface area contributed by atoms with E-state index in [-0.39, 0.29) is 0 Å². The average Bonchev–Trinajstić information content (AvgIpc) is 3.01. The van der Waals surface area contributed by atoms with Crippen LogP contribution in [0.5, 0.6) is 0 Å². The largest absolute Gasteiger partial charge is 0.327 e. The fraction of sp³-hybridized carbons (Fsp3) is 0.400. The van der Waals surface area contributed by atoms with Crippen LogP contribution < -0.4 is 5.48 Å². The molecule has 2 aromatic rings. The van der Waals surface area contributed by atoms with E-state index < -0.39 is 5.91 Å². The minimum Gasteiger partial charge on any atom is -0.327 e. The van der Waals surface area contributed by atoms with E-state index >= 15 is 0 Å². The number of nitrogens with zero attached hydrogens (tertiary/aromatic N) is 3. The molecular weight excluding hydrogens is 328 g/mol. The van der Waals surface area contributed by atoms with Gasteiger partial charge in [0.05, 0.1) is 11.0 Å². The number of fused-ring (bicyclic) bond motifs is 1. The number of hydrogen-bond acceptors (Lipinski definition) is 4. The van der Waals surface area contributed by atoms with Gasteiger partial charge < -0.3 is 9.47 Å². The van der Waals surface area contributed by atoms with Crippen LogP contribution in [0.25, 0.3) is 17.1 Å². The number of nitrogens with one attached hydrogen (secondary N) is 1. The Kier molecular flexibility index (Phi) is 7.39. The number of amides is 1. The van der Waals surface area contributed by atoms with Crippen LogP contribution in [0, 0.1) is 12.3 Å². The molecule has 0 fully saturated rings. The first kappa shape index (κ1) is 19.7. The molecule has 6 nitrogen and oxygen atoms in total. The topological polar surface area (TPSA) is 70.4 Å². The zero-order chi connectivity index (χ0) is 18.9. The predicted octanol–water partition coefficient (Wildman–Crippen LogP) is 2.46. The van der Waals surface area contributed by atoms with E-state index in [1.807, 2.05) is 18.2 Å². The summed E-state index contributed by atoms with van der Waals surface area (Å²) >= 11 is 0. The molecule has 0 unspecified atom stereocenters. The van der Waals surface area contributed by atoms with Gasteiger partial charge in [0.25, 0.3) is 5.91 Å². The van der Waals surface area contributed by atoms with Gasteiger partial charge in [-0.3, -0.25) is 10.0 Å². The van der Waals surface area contributed by atoms with E-state index in [0.29, 0.717) is 6.42 Å². The van der Waals surface area contributed by atoms with Gasteiger partial charge in [0.15, 0.2) is 0 Å². The molecule has 26 heavy (non-hydrogen) atoms. The minimum atomic E-state index is -0.565. The Labute approximate surface area is 154 Å². The standard InChI is InChI=1S/C20H26N4O2/c1-4-7-8-19-21-17-15-16(10-12-20(25)22-26)9-11-18(17)24(19)14-13-23(5-2)6-3/h1,9-12,15,26H,5-8,13-14H2,2-3H3,(H,22,25). The van der Waals surface area contributed by atoms with E-state index in [2.05, 4.69) is 29.2 Å². The van der Waals surface area contributed by atoms with Crippen molar-refractivity contribution in [3.8, 4) is 12.3 Å². The Hall–Kier alpha value is -2.62. The van der Waals surface area contributed by atoms with Gasteiger partial charge in [-0.05, 0) is 36.9 Å². The van der Waals surface area contributed by atoms with E-state index in [0.717, 1.165) is 55.0 Å². The molecule has 0 bridgehead atoms. The minimum absolute atomic E-state index is 0.565. The molecule has 2 rings (SSSR count). The number of hydroxylamine groups is 1. The Morgan fingerprint density at radius 1 is 1.42 bits per heavy atom. The van der Waals surface area contributed by atoms with Crippen LogP contribution in [-0.2, 0) is 17.8 Å². The molecule has 0 saturated carbocycles. The van der Waals surface area contributed by atoms with Gasteiger partial charge in [-0.1, -0.05) is 19.9 Å². The molecule has 0 spiro atoms. The zero-order valence-corrected chi connectivity index (χ0v) is 15.4. The second kappa shape index (κ2) is 9.76. The van der Waals surface area contributed by atoms with E-state index in [4.69, 9.17) is 16.6 Å². The van der Waals surface area contributed by atoms with Crippen molar-refractivity contribution >= 4 is 23.0 Å². The molecule has 0 saturated heterocycles. The van der Waals surface area contributed by atoms with Crippen LogP contribution in [0.3, 0.4) is 0 Å². The second-order valence-electron chi connectivity index (χ2n) is 5.97. The van der Waals surface area contributed by atoms with Crippen molar-refractivity contribution in [3.05, 3.63) is 35.7 Å². The van der Waals surface area contributed by atoms with Crippen LogP contribution in [0.2, 0.25) is 0 Å². The number of aryl methyl sites for hydroxylation is 1. The van der Waals surface area contributed by atoms with Crippen LogP contribution in [-0.4, -0.2) is 45.2 Å². The lowest BCUT2D eigenvalue weighted by atomic mass is 10.2. The first-order valence-corrected chi connectivity index (χ1v) is 8.90. The van der Waals surface area contributed by atoms with Crippen molar-refractivity contribution in [2.75, 3.05) is 19.6 Å². The second-order valence-corrected chi connectivity index (χ2v) is 5.97. The van der Waals surface area contributed by atoms with Gasteiger partial charge in [0, 0.05) is 32.0 Å². The number of benzene rings is 1. The van der Waals surface area contributed by atoms with Crippen molar-refractivity contribution < 1.29 is 10.0 Å². The number of carbonyl (C=O) groups excluding carboxylic acids is 1. The highest BCUT2D eigenvalue weighted by molar-refractivity contribution is 5.91. The van der Waals surface area contributed by atoms with Crippen molar-refractivity contribution in [1.82, 2.24) is 19.9 Å². The quantitative estimate of drug-likeness (QED) is 0.314. The molecule has 1 aromatic carbocycles. The van der Waals surface area contributed by atoms with Gasteiger partial charge in [0.2, 0.25) is 0 Å². The third-order valence-corrected chi connectivity index (χ3v) is 4.42. The van der Waals surface area contributed by atoms with E-state index in [1.165, 1.54) is 6.08 Å². The Balaban J connectivity index is 2.33. The van der Waals surface area contributed by atoms with Gasteiger partial charge in [-0.25, -0.2) is 10.5 Å². The number of terminal acetylenes is 1. The molecule has 1 amide bonds. The number of carbonyl (C=O) groups is 1. The highest BCUT2D eigenvalue weighted by Crippen LogP contribution is 2.20. The number of imidazole rings is 1. The maximum Gasteiger partial charge on any atom is 0.267 e. The Morgan fingerprint density at radius 2 is 2.19 bits per heavy atom. The molecule has 0 aliphatic carbocycles. The third kappa shape index (κ3) is 4.94. The van der Waals surface area contributed by atoms with Gasteiger partial charge >= 0.3 is 0 Å². The summed E-state index contributed by atoms with van der Waals surface area (Å²) in [7, 11) is 0. The highest BCUT2D eigenvalue weighted by Gasteiger charge is 2.11. The molecule has 2 N–H and O–H groups in total.